The molecule has 3 N–H and O–H groups in total. The minimum Gasteiger partial charge on any atom is -0.352 e. The number of fused-ring (bicyclic) bond motifs is 3. The van der Waals surface area contributed by atoms with Crippen LogP contribution in [-0.4, -0.2) is 41.2 Å². The molecule has 1 saturated heterocycles. The summed E-state index contributed by atoms with van der Waals surface area (Å²) in [5.74, 6) is 1.34. The van der Waals surface area contributed by atoms with Crippen LogP contribution in [0.2, 0.25) is 0 Å². The second kappa shape index (κ2) is 4.66. The summed E-state index contributed by atoms with van der Waals surface area (Å²) >= 11 is 0. The van der Waals surface area contributed by atoms with E-state index < -0.39 is 15.3 Å². The van der Waals surface area contributed by atoms with Crippen molar-refractivity contribution in [3.8, 4) is 0 Å². The van der Waals surface area contributed by atoms with Gasteiger partial charge in [-0.1, -0.05) is 0 Å². The van der Waals surface area contributed by atoms with Crippen molar-refractivity contribution in [2.24, 2.45) is 17.0 Å². The van der Waals surface area contributed by atoms with Gasteiger partial charge in [0.15, 0.2) is 0 Å². The topological polar surface area (TPSA) is 105 Å². The Morgan fingerprint density at radius 1 is 1.41 bits per heavy atom. The first-order chi connectivity index (χ1) is 10.5. The molecule has 2 aromatic rings. The van der Waals surface area contributed by atoms with Crippen molar-refractivity contribution in [2.75, 3.05) is 11.4 Å². The predicted molar refractivity (Wildman–Crippen MR) is 83.8 cm³/mol. The van der Waals surface area contributed by atoms with E-state index in [1.54, 1.807) is 13.3 Å². The molecule has 2 fully saturated rings. The van der Waals surface area contributed by atoms with Gasteiger partial charge in [-0.2, -0.15) is 0 Å². The number of nitrogens with two attached hydrogens (primary N) is 1. The maximum Gasteiger partial charge on any atom is 0.212 e. The Morgan fingerprint density at radius 2 is 2.23 bits per heavy atom. The van der Waals surface area contributed by atoms with Crippen LogP contribution in [0.25, 0.3) is 11.0 Å². The van der Waals surface area contributed by atoms with Crippen LogP contribution in [0.5, 0.6) is 0 Å². The van der Waals surface area contributed by atoms with Crippen LogP contribution in [0.1, 0.15) is 19.8 Å². The van der Waals surface area contributed by atoms with Crippen molar-refractivity contribution in [3.05, 3.63) is 18.6 Å². The Bertz CT molecular complexity index is 818. The van der Waals surface area contributed by atoms with Gasteiger partial charge < -0.3 is 9.88 Å². The van der Waals surface area contributed by atoms with Crippen molar-refractivity contribution in [1.29, 1.82) is 0 Å². The van der Waals surface area contributed by atoms with Gasteiger partial charge in [0.05, 0.1) is 10.6 Å². The molecule has 2 bridgehead atoms. The van der Waals surface area contributed by atoms with Gasteiger partial charge in [-0.25, -0.2) is 23.5 Å². The van der Waals surface area contributed by atoms with Crippen molar-refractivity contribution >= 4 is 26.9 Å². The van der Waals surface area contributed by atoms with Gasteiger partial charge in [0.1, 0.15) is 17.8 Å². The number of sulfonamides is 1. The molecule has 3 unspecified atom stereocenters. The van der Waals surface area contributed by atoms with E-state index in [2.05, 4.69) is 19.9 Å². The molecular weight excluding hydrogens is 302 g/mol. The lowest BCUT2D eigenvalue weighted by Crippen LogP contribution is -2.40. The number of anilines is 1. The van der Waals surface area contributed by atoms with E-state index in [1.807, 2.05) is 12.3 Å². The number of aromatic amines is 1. The number of piperidine rings is 1. The lowest BCUT2D eigenvalue weighted by Gasteiger charge is -2.29. The highest BCUT2D eigenvalue weighted by Crippen LogP contribution is 2.47. The molecule has 22 heavy (non-hydrogen) atoms. The fourth-order valence-corrected chi connectivity index (χ4v) is 5.14. The quantitative estimate of drug-likeness (QED) is 0.872. The molecule has 0 amide bonds. The van der Waals surface area contributed by atoms with Gasteiger partial charge in [0.25, 0.3) is 0 Å². The van der Waals surface area contributed by atoms with Crippen LogP contribution >= 0.6 is 0 Å². The molecule has 1 aliphatic heterocycles. The van der Waals surface area contributed by atoms with Crippen molar-refractivity contribution in [3.63, 3.8) is 0 Å². The summed E-state index contributed by atoms with van der Waals surface area (Å²) in [5, 5.41) is 5.86. The van der Waals surface area contributed by atoms with Gasteiger partial charge in [0, 0.05) is 24.7 Å². The third-order valence-electron chi connectivity index (χ3n) is 5.32. The highest BCUT2D eigenvalue weighted by atomic mass is 32.2. The van der Waals surface area contributed by atoms with E-state index in [0.717, 1.165) is 36.2 Å². The first-order valence-corrected chi connectivity index (χ1v) is 9.14. The minimum absolute atomic E-state index is 0.0824. The molecule has 7 nitrogen and oxygen atoms in total. The van der Waals surface area contributed by atoms with Crippen molar-refractivity contribution in [1.82, 2.24) is 15.0 Å². The number of primary sulfonamides is 1. The van der Waals surface area contributed by atoms with Gasteiger partial charge in [-0.15, -0.1) is 0 Å². The average Bonchev–Trinajstić information content (AvgIpc) is 3.18. The molecule has 1 saturated carbocycles. The molecule has 4 atom stereocenters. The average molecular weight is 321 g/mol. The summed E-state index contributed by atoms with van der Waals surface area (Å²) < 4.78 is 23.6. The smallest absolute Gasteiger partial charge is 0.212 e. The fourth-order valence-electron chi connectivity index (χ4n) is 4.29. The van der Waals surface area contributed by atoms with E-state index >= 15 is 0 Å². The second-order valence-corrected chi connectivity index (χ2v) is 8.29. The third-order valence-corrected chi connectivity index (χ3v) is 6.67. The number of hydrogen-bond acceptors (Lipinski definition) is 5. The molecule has 2 aliphatic rings. The third kappa shape index (κ3) is 1.94. The molecule has 1 aliphatic carbocycles. The second-order valence-electron chi connectivity index (χ2n) is 6.37. The van der Waals surface area contributed by atoms with Crippen molar-refractivity contribution in [2.45, 2.75) is 31.1 Å². The zero-order chi connectivity index (χ0) is 15.5. The van der Waals surface area contributed by atoms with Crippen molar-refractivity contribution < 1.29 is 8.42 Å². The Morgan fingerprint density at radius 3 is 3.00 bits per heavy atom. The first kappa shape index (κ1) is 14.0. The highest BCUT2D eigenvalue weighted by Gasteiger charge is 2.51. The number of hydrogen-bond donors (Lipinski definition) is 2. The molecule has 0 aromatic carbocycles. The summed E-state index contributed by atoms with van der Waals surface area (Å²) in [5.41, 5.74) is 0.809. The summed E-state index contributed by atoms with van der Waals surface area (Å²) in [6.07, 6.45) is 5.46. The zero-order valence-corrected chi connectivity index (χ0v) is 13.1. The largest absolute Gasteiger partial charge is 0.352 e. The molecule has 4 rings (SSSR count). The van der Waals surface area contributed by atoms with Gasteiger partial charge in [-0.05, 0) is 31.7 Å². The van der Waals surface area contributed by atoms with E-state index in [0.29, 0.717) is 5.92 Å². The lowest BCUT2D eigenvalue weighted by atomic mass is 9.95. The van der Waals surface area contributed by atoms with Crippen LogP contribution in [-0.2, 0) is 10.0 Å². The molecule has 3 heterocycles. The maximum absolute atomic E-state index is 11.8. The Hall–Kier alpha value is -1.67. The molecular formula is C14H19N5O2S. The number of aromatic nitrogens is 3. The fraction of sp³-hybridized carbons (Fsp3) is 0.571. The number of nitrogens with one attached hydrogen (secondary N) is 1. The normalized spacial score (nSPS) is 29.4. The van der Waals surface area contributed by atoms with E-state index in [1.165, 1.54) is 0 Å². The van der Waals surface area contributed by atoms with Crippen LogP contribution in [0, 0.1) is 11.8 Å². The number of rotatable bonds is 3. The summed E-state index contributed by atoms with van der Waals surface area (Å²) in [4.78, 5) is 14.0. The predicted octanol–water partition coefficient (Wildman–Crippen LogP) is 0.850. The van der Waals surface area contributed by atoms with Gasteiger partial charge in [-0.3, -0.25) is 0 Å². The SMILES string of the molecule is CC([C@@H]1C2CCC1N(c1ncnc3[nH]ccc13)C2)S(N)(=O)=O. The van der Waals surface area contributed by atoms with E-state index in [-0.39, 0.29) is 12.0 Å². The van der Waals surface area contributed by atoms with Gasteiger partial charge >= 0.3 is 0 Å². The van der Waals surface area contributed by atoms with Crippen LogP contribution in [0.3, 0.4) is 0 Å². The summed E-state index contributed by atoms with van der Waals surface area (Å²) in [7, 11) is -3.51. The summed E-state index contributed by atoms with van der Waals surface area (Å²) in [6.45, 7) is 2.58. The molecule has 0 radical (unpaired) electrons. The minimum atomic E-state index is -3.51. The monoisotopic (exact) mass is 321 g/mol. The van der Waals surface area contributed by atoms with E-state index in [4.69, 9.17) is 5.14 Å². The van der Waals surface area contributed by atoms with Gasteiger partial charge in [0.2, 0.25) is 10.0 Å². The molecule has 118 valence electrons. The highest BCUT2D eigenvalue weighted by molar-refractivity contribution is 7.89. The molecule has 8 heteroatoms. The standard InChI is InChI=1S/C14H19N5O2S/c1-8(22(15,20)21)12-9-2-3-11(12)19(6-9)14-10-4-5-16-13(10)17-7-18-14/h4-5,7-9,11-12H,2-3,6H2,1H3,(H2,15,20,21)(H,16,17,18)/t8?,9?,11?,12-/m1/s1. The van der Waals surface area contributed by atoms with Crippen LogP contribution in [0.4, 0.5) is 5.82 Å². The first-order valence-electron chi connectivity index (χ1n) is 7.53. The number of nitrogens with zero attached hydrogens (tertiary/aromatic N) is 3. The zero-order valence-electron chi connectivity index (χ0n) is 12.3. The number of H-pyrrole nitrogens is 1. The Balaban J connectivity index is 1.73. The van der Waals surface area contributed by atoms with Crippen LogP contribution < -0.4 is 10.0 Å². The Kier molecular flexibility index (Phi) is 2.96. The lowest BCUT2D eigenvalue weighted by molar-refractivity contribution is 0.430. The molecule has 0 spiro atoms. The summed E-state index contributed by atoms with van der Waals surface area (Å²) in [6, 6.07) is 2.15. The van der Waals surface area contributed by atoms with Crippen LogP contribution in [0.15, 0.2) is 18.6 Å². The van der Waals surface area contributed by atoms with E-state index in [9.17, 15) is 8.42 Å². The molecule has 2 aromatic heterocycles. The maximum atomic E-state index is 11.8. The Labute approximate surface area is 129 Å².